The first-order valence-corrected chi connectivity index (χ1v) is 15.6. The number of carbonyl (C=O) groups excluding carboxylic acids is 4. The molecule has 3 rings (SSSR count). The third-order valence-electron chi connectivity index (χ3n) is 7.85. The molecule has 1 saturated carbocycles. The van der Waals surface area contributed by atoms with Crippen molar-refractivity contribution in [2.45, 2.75) is 109 Å². The van der Waals surface area contributed by atoms with E-state index in [0.29, 0.717) is 25.9 Å². The maximum atomic E-state index is 14.1. The molecule has 1 aromatic carbocycles. The number of allylic oxidation sites excluding steroid dienone is 1. The lowest BCUT2D eigenvalue weighted by Gasteiger charge is -2.30. The van der Waals surface area contributed by atoms with Crippen LogP contribution in [0.3, 0.4) is 0 Å². The van der Waals surface area contributed by atoms with E-state index < -0.39 is 53.2 Å². The summed E-state index contributed by atoms with van der Waals surface area (Å²) in [5.41, 5.74) is -0.983. The third-order valence-corrected chi connectivity index (χ3v) is 7.85. The number of esters is 1. The van der Waals surface area contributed by atoms with E-state index in [1.807, 2.05) is 36.4 Å². The summed E-state index contributed by atoms with van der Waals surface area (Å²) in [6.07, 6.45) is 6.66. The first-order chi connectivity index (χ1) is 20.9. The van der Waals surface area contributed by atoms with Crippen LogP contribution in [0.2, 0.25) is 0 Å². The van der Waals surface area contributed by atoms with Crippen LogP contribution < -0.4 is 10.6 Å². The fourth-order valence-electron chi connectivity index (χ4n) is 5.48. The van der Waals surface area contributed by atoms with Crippen molar-refractivity contribution in [1.82, 2.24) is 15.5 Å². The van der Waals surface area contributed by atoms with Crippen LogP contribution in [-0.2, 0) is 35.2 Å². The van der Waals surface area contributed by atoms with Gasteiger partial charge in [0, 0.05) is 18.9 Å². The minimum atomic E-state index is -1.20. The smallest absolute Gasteiger partial charge is 0.408 e. The lowest BCUT2D eigenvalue weighted by atomic mass is 10.0. The maximum Gasteiger partial charge on any atom is 0.408 e. The first kappa shape index (κ1) is 34.8. The third kappa shape index (κ3) is 9.67. The number of nitrogens with one attached hydrogen (secondary N) is 2. The number of ether oxygens (including phenoxy) is 3. The van der Waals surface area contributed by atoms with Gasteiger partial charge >= 0.3 is 12.1 Å². The Morgan fingerprint density at radius 1 is 1.11 bits per heavy atom. The molecule has 2 N–H and O–H groups in total. The normalized spacial score (nSPS) is 23.3. The van der Waals surface area contributed by atoms with Gasteiger partial charge in [-0.2, -0.15) is 0 Å². The highest BCUT2D eigenvalue weighted by molar-refractivity contribution is 5.96. The largest absolute Gasteiger partial charge is 0.464 e. The number of unbranched alkanes of at least 4 members (excludes halogenated alkanes) is 3. The molecule has 5 atom stereocenters. The molecule has 1 aromatic rings. The molecule has 0 aromatic heterocycles. The van der Waals surface area contributed by atoms with Gasteiger partial charge in [0.25, 0.3) is 0 Å². The fraction of sp³-hybridized carbons (Fsp3) is 0.588. The van der Waals surface area contributed by atoms with Crippen molar-refractivity contribution in [3.63, 3.8) is 0 Å². The Kier molecular flexibility index (Phi) is 12.6. The molecule has 1 aliphatic heterocycles. The predicted molar refractivity (Wildman–Crippen MR) is 167 cm³/mol. The molecule has 2 aliphatic rings. The van der Waals surface area contributed by atoms with Crippen molar-refractivity contribution in [2.75, 3.05) is 13.2 Å². The van der Waals surface area contributed by atoms with Crippen molar-refractivity contribution in [2.24, 2.45) is 5.92 Å². The number of carbonyl (C=O) groups is 4. The van der Waals surface area contributed by atoms with E-state index in [1.54, 1.807) is 33.8 Å². The van der Waals surface area contributed by atoms with Gasteiger partial charge in [-0.05, 0) is 58.9 Å². The maximum absolute atomic E-state index is 14.1. The van der Waals surface area contributed by atoms with Gasteiger partial charge < -0.3 is 29.7 Å². The van der Waals surface area contributed by atoms with Crippen LogP contribution in [0.25, 0.3) is 0 Å². The fourth-order valence-corrected chi connectivity index (χ4v) is 5.48. The van der Waals surface area contributed by atoms with E-state index in [0.717, 1.165) is 24.8 Å². The minimum Gasteiger partial charge on any atom is -0.464 e. The van der Waals surface area contributed by atoms with E-state index in [-0.39, 0.29) is 25.5 Å². The molecule has 3 amide bonds. The second kappa shape index (κ2) is 15.9. The van der Waals surface area contributed by atoms with E-state index in [1.165, 1.54) is 4.90 Å². The van der Waals surface area contributed by atoms with E-state index in [2.05, 4.69) is 23.8 Å². The van der Waals surface area contributed by atoms with Gasteiger partial charge in [-0.1, -0.05) is 55.3 Å². The highest BCUT2D eigenvalue weighted by atomic mass is 16.6. The number of hydrogen-bond donors (Lipinski definition) is 2. The molecule has 1 aliphatic carbocycles. The number of benzene rings is 1. The molecule has 1 unspecified atom stereocenters. The van der Waals surface area contributed by atoms with Gasteiger partial charge in [-0.25, -0.2) is 9.59 Å². The van der Waals surface area contributed by atoms with Crippen LogP contribution in [0.1, 0.15) is 78.2 Å². The first-order valence-electron chi connectivity index (χ1n) is 15.6. The Hall–Kier alpha value is -3.66. The second-order valence-electron chi connectivity index (χ2n) is 12.5. The Labute approximate surface area is 261 Å². The Morgan fingerprint density at radius 2 is 1.84 bits per heavy atom. The Balaban J connectivity index is 1.83. The van der Waals surface area contributed by atoms with Crippen molar-refractivity contribution < 1.29 is 33.4 Å². The predicted octanol–water partition coefficient (Wildman–Crippen LogP) is 4.83. The Bertz CT molecular complexity index is 1170. The van der Waals surface area contributed by atoms with Crippen LogP contribution in [0.5, 0.6) is 0 Å². The SMILES string of the molecule is C=CCCCCC[C@H](NC(=O)OC(C)(C)C)C(=O)N1C[C@H](OCc2ccccc2)C[C@H]1C(=O)NC1(C(=O)OCC)C[C@H]1C=C. The van der Waals surface area contributed by atoms with Gasteiger partial charge in [-0.3, -0.25) is 9.59 Å². The molecule has 1 heterocycles. The monoisotopic (exact) mass is 611 g/mol. The highest BCUT2D eigenvalue weighted by Gasteiger charge is 2.62. The van der Waals surface area contributed by atoms with Crippen molar-refractivity contribution in [3.8, 4) is 0 Å². The Morgan fingerprint density at radius 3 is 2.45 bits per heavy atom. The van der Waals surface area contributed by atoms with E-state index in [9.17, 15) is 19.2 Å². The van der Waals surface area contributed by atoms with Gasteiger partial charge in [0.05, 0.1) is 19.3 Å². The van der Waals surface area contributed by atoms with Gasteiger partial charge in [0.1, 0.15) is 23.2 Å². The molecule has 0 radical (unpaired) electrons. The van der Waals surface area contributed by atoms with Crippen LogP contribution in [0.15, 0.2) is 55.6 Å². The van der Waals surface area contributed by atoms with Crippen molar-refractivity contribution in [3.05, 3.63) is 61.2 Å². The summed E-state index contributed by atoms with van der Waals surface area (Å²) in [5, 5.41) is 5.65. The van der Waals surface area contributed by atoms with Gasteiger partial charge in [0.15, 0.2) is 0 Å². The summed E-state index contributed by atoms with van der Waals surface area (Å²) in [7, 11) is 0. The standard InChI is InChI=1S/C34H49N3O7/c1-7-10-11-12-16-19-27(35-32(41)44-33(4,5)6)30(39)37-22-26(43-23-24-17-14-13-15-18-24)20-28(37)29(38)36-34(21-25(34)8-2)31(40)42-9-3/h7-8,13-15,17-18,25-28H,1-2,9-12,16,19-23H2,3-6H3,(H,35,41)(H,36,38)/t25-,26-,27+,28+,34?/m1/s1. The molecule has 44 heavy (non-hydrogen) atoms. The number of rotatable bonds is 16. The van der Waals surface area contributed by atoms with Crippen LogP contribution in [0.4, 0.5) is 4.79 Å². The lowest BCUT2D eigenvalue weighted by Crippen LogP contribution is -2.56. The molecule has 242 valence electrons. The number of amides is 3. The second-order valence-corrected chi connectivity index (χ2v) is 12.5. The molecular formula is C34H49N3O7. The molecule has 0 spiro atoms. The molecular weight excluding hydrogens is 562 g/mol. The number of likely N-dealkylation sites (tertiary alicyclic amines) is 1. The summed E-state index contributed by atoms with van der Waals surface area (Å²) in [5.74, 6) is -1.65. The van der Waals surface area contributed by atoms with Crippen molar-refractivity contribution >= 4 is 23.9 Å². The summed E-state index contributed by atoms with van der Waals surface area (Å²) >= 11 is 0. The molecule has 0 bridgehead atoms. The molecule has 10 nitrogen and oxygen atoms in total. The summed E-state index contributed by atoms with van der Waals surface area (Å²) in [6.45, 7) is 15.2. The van der Waals surface area contributed by atoms with Crippen LogP contribution >= 0.6 is 0 Å². The number of nitrogens with zero attached hydrogens (tertiary/aromatic N) is 1. The van der Waals surface area contributed by atoms with Gasteiger partial charge in [-0.15, -0.1) is 13.2 Å². The van der Waals surface area contributed by atoms with E-state index >= 15 is 0 Å². The van der Waals surface area contributed by atoms with Gasteiger partial charge in [0.2, 0.25) is 11.8 Å². The zero-order valence-corrected chi connectivity index (χ0v) is 26.6. The van der Waals surface area contributed by atoms with E-state index in [4.69, 9.17) is 14.2 Å². The average molecular weight is 612 g/mol. The summed E-state index contributed by atoms with van der Waals surface area (Å²) in [6, 6.07) is 7.83. The zero-order chi connectivity index (χ0) is 32.3. The number of alkyl carbamates (subject to hydrolysis) is 1. The highest BCUT2D eigenvalue weighted by Crippen LogP contribution is 2.45. The minimum absolute atomic E-state index is 0.157. The average Bonchev–Trinajstić information content (AvgIpc) is 3.52. The summed E-state index contributed by atoms with van der Waals surface area (Å²) < 4.78 is 16.9. The number of hydrogen-bond acceptors (Lipinski definition) is 7. The molecule has 10 heteroatoms. The van der Waals surface area contributed by atoms with Crippen LogP contribution in [0, 0.1) is 5.92 Å². The molecule has 1 saturated heterocycles. The zero-order valence-electron chi connectivity index (χ0n) is 26.6. The van der Waals surface area contributed by atoms with Crippen molar-refractivity contribution in [1.29, 1.82) is 0 Å². The summed E-state index contributed by atoms with van der Waals surface area (Å²) in [4.78, 5) is 55.1. The quantitative estimate of drug-likeness (QED) is 0.156. The molecule has 2 fully saturated rings. The lowest BCUT2D eigenvalue weighted by molar-refractivity contribution is -0.150. The topological polar surface area (TPSA) is 123 Å². The van der Waals surface area contributed by atoms with Crippen LogP contribution in [-0.4, -0.2) is 71.3 Å².